The van der Waals surface area contributed by atoms with Crippen LogP contribution in [-0.4, -0.2) is 43.2 Å². The maximum absolute atomic E-state index is 11.8. The predicted octanol–water partition coefficient (Wildman–Crippen LogP) is 1.54. The third-order valence-corrected chi connectivity index (χ3v) is 2.64. The van der Waals surface area contributed by atoms with Crippen molar-refractivity contribution in [3.63, 3.8) is 0 Å². The van der Waals surface area contributed by atoms with Crippen molar-refractivity contribution >= 4 is 5.91 Å². The molecule has 0 saturated carbocycles. The van der Waals surface area contributed by atoms with Crippen LogP contribution in [0.3, 0.4) is 0 Å². The highest BCUT2D eigenvalue weighted by atomic mass is 19.4. The van der Waals surface area contributed by atoms with Gasteiger partial charge >= 0.3 is 12.1 Å². The van der Waals surface area contributed by atoms with Gasteiger partial charge in [-0.15, -0.1) is 0 Å². The molecule has 0 aromatic carbocycles. The zero-order valence-corrected chi connectivity index (χ0v) is 9.15. The lowest BCUT2D eigenvalue weighted by atomic mass is 10.3. The SMILES string of the molecule is O=C(NCCCCN1CCCC1)C(F)(F)F. The van der Waals surface area contributed by atoms with Crippen molar-refractivity contribution in [2.24, 2.45) is 0 Å². The molecule has 0 unspecified atom stereocenters. The molecular weight excluding hydrogens is 221 g/mol. The minimum atomic E-state index is -4.76. The Labute approximate surface area is 93.0 Å². The van der Waals surface area contributed by atoms with Gasteiger partial charge in [0.15, 0.2) is 0 Å². The summed E-state index contributed by atoms with van der Waals surface area (Å²) in [5.74, 6) is -1.84. The van der Waals surface area contributed by atoms with Gasteiger partial charge in [0.1, 0.15) is 0 Å². The molecule has 3 nitrogen and oxygen atoms in total. The van der Waals surface area contributed by atoms with Crippen molar-refractivity contribution in [1.82, 2.24) is 10.2 Å². The number of carbonyl (C=O) groups is 1. The lowest BCUT2D eigenvalue weighted by molar-refractivity contribution is -0.173. The molecular formula is C10H17F3N2O. The Balaban J connectivity index is 1.97. The first kappa shape index (κ1) is 13.3. The Morgan fingerprint density at radius 1 is 1.19 bits per heavy atom. The van der Waals surface area contributed by atoms with E-state index in [-0.39, 0.29) is 6.54 Å². The summed E-state index contributed by atoms with van der Waals surface area (Å²) >= 11 is 0. The van der Waals surface area contributed by atoms with Crippen molar-refractivity contribution < 1.29 is 18.0 Å². The number of likely N-dealkylation sites (tertiary alicyclic amines) is 1. The number of hydrogen-bond donors (Lipinski definition) is 1. The largest absolute Gasteiger partial charge is 0.471 e. The van der Waals surface area contributed by atoms with Gasteiger partial charge in [0, 0.05) is 6.54 Å². The van der Waals surface area contributed by atoms with E-state index in [1.807, 2.05) is 5.32 Å². The Kier molecular flexibility index (Phi) is 5.05. The van der Waals surface area contributed by atoms with Crippen molar-refractivity contribution in [3.05, 3.63) is 0 Å². The van der Waals surface area contributed by atoms with E-state index in [4.69, 9.17) is 0 Å². The van der Waals surface area contributed by atoms with Crippen LogP contribution < -0.4 is 5.32 Å². The molecule has 1 amide bonds. The number of amides is 1. The normalized spacial score (nSPS) is 17.7. The van der Waals surface area contributed by atoms with Gasteiger partial charge in [0.25, 0.3) is 0 Å². The summed E-state index contributed by atoms with van der Waals surface area (Å²) in [5.41, 5.74) is 0. The van der Waals surface area contributed by atoms with Gasteiger partial charge in [-0.05, 0) is 45.3 Å². The van der Waals surface area contributed by atoms with Gasteiger partial charge in [-0.3, -0.25) is 4.79 Å². The van der Waals surface area contributed by atoms with E-state index in [1.165, 1.54) is 12.8 Å². The second-order valence-corrected chi connectivity index (χ2v) is 4.01. The van der Waals surface area contributed by atoms with Crippen LogP contribution in [0.15, 0.2) is 0 Å². The highest BCUT2D eigenvalue weighted by molar-refractivity contribution is 5.81. The number of nitrogens with zero attached hydrogens (tertiary/aromatic N) is 1. The molecule has 1 aliphatic heterocycles. The molecule has 6 heteroatoms. The van der Waals surface area contributed by atoms with Gasteiger partial charge in [-0.25, -0.2) is 0 Å². The van der Waals surface area contributed by atoms with Crippen molar-refractivity contribution in [2.75, 3.05) is 26.2 Å². The molecule has 0 bridgehead atoms. The molecule has 0 atom stereocenters. The molecule has 1 fully saturated rings. The van der Waals surface area contributed by atoms with Crippen LogP contribution in [-0.2, 0) is 4.79 Å². The number of carbonyl (C=O) groups excluding carboxylic acids is 1. The lowest BCUT2D eigenvalue weighted by Crippen LogP contribution is -2.37. The number of halogens is 3. The van der Waals surface area contributed by atoms with Crippen LogP contribution >= 0.6 is 0 Å². The van der Waals surface area contributed by atoms with Crippen LogP contribution in [0, 0.1) is 0 Å². The van der Waals surface area contributed by atoms with E-state index in [2.05, 4.69) is 4.90 Å². The van der Waals surface area contributed by atoms with Crippen molar-refractivity contribution in [1.29, 1.82) is 0 Å². The van der Waals surface area contributed by atoms with E-state index in [9.17, 15) is 18.0 Å². The molecule has 1 saturated heterocycles. The minimum absolute atomic E-state index is 0.103. The van der Waals surface area contributed by atoms with Crippen LogP contribution in [0.4, 0.5) is 13.2 Å². The Hall–Kier alpha value is -0.780. The second-order valence-electron chi connectivity index (χ2n) is 4.01. The summed E-state index contributed by atoms with van der Waals surface area (Å²) in [6.07, 6.45) is -0.902. The molecule has 1 rings (SSSR count). The maximum atomic E-state index is 11.8. The van der Waals surface area contributed by atoms with E-state index in [1.54, 1.807) is 0 Å². The molecule has 1 aliphatic rings. The third kappa shape index (κ3) is 4.83. The average molecular weight is 238 g/mol. The summed E-state index contributed by atoms with van der Waals surface area (Å²) in [6.45, 7) is 3.21. The number of nitrogens with one attached hydrogen (secondary N) is 1. The van der Waals surface area contributed by atoms with Crippen LogP contribution in [0.2, 0.25) is 0 Å². The number of rotatable bonds is 5. The third-order valence-electron chi connectivity index (χ3n) is 2.64. The lowest BCUT2D eigenvalue weighted by Gasteiger charge is -2.14. The highest BCUT2D eigenvalue weighted by Crippen LogP contribution is 2.14. The van der Waals surface area contributed by atoms with E-state index in [0.717, 1.165) is 26.1 Å². The summed E-state index contributed by atoms with van der Waals surface area (Å²) in [4.78, 5) is 12.7. The van der Waals surface area contributed by atoms with Gasteiger partial charge in [-0.2, -0.15) is 13.2 Å². The van der Waals surface area contributed by atoms with E-state index in [0.29, 0.717) is 6.42 Å². The standard InChI is InChI=1S/C10H17F3N2O/c11-10(12,13)9(16)14-5-1-2-6-15-7-3-4-8-15/h1-8H2,(H,14,16). The maximum Gasteiger partial charge on any atom is 0.471 e. The minimum Gasteiger partial charge on any atom is -0.348 e. The van der Waals surface area contributed by atoms with Crippen LogP contribution in [0.1, 0.15) is 25.7 Å². The summed E-state index contributed by atoms with van der Waals surface area (Å²) in [7, 11) is 0. The molecule has 16 heavy (non-hydrogen) atoms. The second kappa shape index (κ2) is 6.08. The van der Waals surface area contributed by atoms with Gasteiger partial charge in [0.2, 0.25) is 0 Å². The van der Waals surface area contributed by atoms with Crippen LogP contribution in [0.5, 0.6) is 0 Å². The fourth-order valence-corrected chi connectivity index (χ4v) is 1.77. The number of hydrogen-bond acceptors (Lipinski definition) is 2. The molecule has 1 heterocycles. The Morgan fingerprint density at radius 3 is 2.38 bits per heavy atom. The Morgan fingerprint density at radius 2 is 1.81 bits per heavy atom. The zero-order valence-electron chi connectivity index (χ0n) is 9.15. The molecule has 94 valence electrons. The molecule has 0 radical (unpaired) electrons. The summed E-state index contributed by atoms with van der Waals surface area (Å²) in [6, 6.07) is 0. The Bertz CT molecular complexity index is 225. The topological polar surface area (TPSA) is 32.3 Å². The first-order valence-electron chi connectivity index (χ1n) is 5.57. The monoisotopic (exact) mass is 238 g/mol. The smallest absolute Gasteiger partial charge is 0.348 e. The highest BCUT2D eigenvalue weighted by Gasteiger charge is 2.38. The number of alkyl halides is 3. The first-order chi connectivity index (χ1) is 7.50. The summed E-state index contributed by atoms with van der Waals surface area (Å²) < 4.78 is 35.4. The predicted molar refractivity (Wildman–Crippen MR) is 54.0 cm³/mol. The molecule has 0 aromatic rings. The molecule has 0 aromatic heterocycles. The number of unbranched alkanes of at least 4 members (excludes halogenated alkanes) is 1. The molecule has 0 aliphatic carbocycles. The van der Waals surface area contributed by atoms with Gasteiger partial charge < -0.3 is 10.2 Å². The molecule has 0 spiro atoms. The van der Waals surface area contributed by atoms with E-state index >= 15 is 0 Å². The fourth-order valence-electron chi connectivity index (χ4n) is 1.77. The van der Waals surface area contributed by atoms with E-state index < -0.39 is 12.1 Å². The van der Waals surface area contributed by atoms with Crippen molar-refractivity contribution in [2.45, 2.75) is 31.9 Å². The van der Waals surface area contributed by atoms with Gasteiger partial charge in [0.05, 0.1) is 0 Å². The van der Waals surface area contributed by atoms with Crippen LogP contribution in [0.25, 0.3) is 0 Å². The van der Waals surface area contributed by atoms with Crippen molar-refractivity contribution in [3.8, 4) is 0 Å². The molecule has 1 N–H and O–H groups in total. The average Bonchev–Trinajstić information content (AvgIpc) is 2.68. The van der Waals surface area contributed by atoms with Gasteiger partial charge in [-0.1, -0.05) is 0 Å². The fraction of sp³-hybridized carbons (Fsp3) is 0.900. The quantitative estimate of drug-likeness (QED) is 0.737. The first-order valence-corrected chi connectivity index (χ1v) is 5.57. The summed E-state index contributed by atoms with van der Waals surface area (Å²) in [5, 5.41) is 1.87. The zero-order chi connectivity index (χ0) is 12.0.